The topological polar surface area (TPSA) is 122 Å². The van der Waals surface area contributed by atoms with E-state index in [-0.39, 0.29) is 29.9 Å². The van der Waals surface area contributed by atoms with E-state index in [0.29, 0.717) is 17.8 Å². The van der Waals surface area contributed by atoms with E-state index in [1.165, 1.54) is 19.3 Å². The summed E-state index contributed by atoms with van der Waals surface area (Å²) >= 11 is 0. The fourth-order valence-corrected chi connectivity index (χ4v) is 4.01. The molecule has 3 N–H and O–H groups in total. The summed E-state index contributed by atoms with van der Waals surface area (Å²) in [5.74, 6) is 0.403. The number of carboxylic acid groups (broad SMARTS) is 1. The minimum absolute atomic E-state index is 0.0414. The van der Waals surface area contributed by atoms with Crippen molar-refractivity contribution in [3.8, 4) is 0 Å². The number of anilines is 1. The van der Waals surface area contributed by atoms with E-state index in [9.17, 15) is 9.59 Å². The number of carbonyl (C=O) groups excluding carboxylic acids is 1. The lowest BCUT2D eigenvalue weighted by atomic mass is 9.89. The second-order valence-electron chi connectivity index (χ2n) is 6.90. The highest BCUT2D eigenvalue weighted by Gasteiger charge is 2.34. The number of carbonyl (C=O) groups is 2. The maximum Gasteiger partial charge on any atom is 0.290 e. The molecule has 0 radical (unpaired) electrons. The second kappa shape index (κ2) is 8.24. The first-order valence-electron chi connectivity index (χ1n) is 9.33. The van der Waals surface area contributed by atoms with Gasteiger partial charge >= 0.3 is 0 Å². The zero-order chi connectivity index (χ0) is 19.4. The van der Waals surface area contributed by atoms with Gasteiger partial charge in [0.15, 0.2) is 0 Å². The standard InChI is InChI=1S/C17H23N5O2.CH2O2/c1-2-21-10-11(9-18-21)13-8-14(23)19-16-15(13)17(24)20-22(16)12-6-4-3-5-7-12;2-1-3/h9-10,12-13H,2-8H2,1H3,(H,19,23)(H,20,24);1H,(H,2,3). The Balaban J connectivity index is 0.000000659. The van der Waals surface area contributed by atoms with Gasteiger partial charge in [-0.15, -0.1) is 0 Å². The third kappa shape index (κ3) is 3.81. The zero-order valence-electron chi connectivity index (χ0n) is 15.4. The molecule has 1 saturated carbocycles. The first-order valence-corrected chi connectivity index (χ1v) is 9.33. The Morgan fingerprint density at radius 1 is 1.30 bits per heavy atom. The predicted octanol–water partition coefficient (Wildman–Crippen LogP) is 2.07. The van der Waals surface area contributed by atoms with Gasteiger partial charge in [-0.05, 0) is 25.3 Å². The monoisotopic (exact) mass is 375 g/mol. The van der Waals surface area contributed by atoms with Gasteiger partial charge in [0.2, 0.25) is 5.91 Å². The van der Waals surface area contributed by atoms with E-state index >= 15 is 0 Å². The Bertz CT molecular complexity index is 859. The zero-order valence-corrected chi connectivity index (χ0v) is 15.4. The largest absolute Gasteiger partial charge is 0.483 e. The summed E-state index contributed by atoms with van der Waals surface area (Å²) in [5.41, 5.74) is 1.51. The summed E-state index contributed by atoms with van der Waals surface area (Å²) < 4.78 is 3.74. The molecule has 2 aliphatic rings. The summed E-state index contributed by atoms with van der Waals surface area (Å²) in [7, 11) is 0. The highest BCUT2D eigenvalue weighted by molar-refractivity contribution is 5.94. The first kappa shape index (κ1) is 18.9. The van der Waals surface area contributed by atoms with Gasteiger partial charge < -0.3 is 10.4 Å². The molecule has 0 saturated heterocycles. The van der Waals surface area contributed by atoms with E-state index in [1.807, 2.05) is 22.5 Å². The molecule has 1 fully saturated rings. The number of amides is 1. The Morgan fingerprint density at radius 2 is 2.00 bits per heavy atom. The molecular weight excluding hydrogens is 350 g/mol. The normalized spacial score (nSPS) is 19.6. The Hall–Kier alpha value is -2.84. The number of nitrogens with one attached hydrogen (secondary N) is 2. The molecule has 1 aliphatic heterocycles. The van der Waals surface area contributed by atoms with Gasteiger partial charge in [-0.1, -0.05) is 19.3 Å². The molecule has 1 atom stereocenters. The molecule has 2 aromatic heterocycles. The van der Waals surface area contributed by atoms with Crippen LogP contribution in [0.1, 0.15) is 68.5 Å². The number of aromatic amines is 1. The molecule has 3 heterocycles. The van der Waals surface area contributed by atoms with Crippen LogP contribution in [0, 0.1) is 0 Å². The van der Waals surface area contributed by atoms with Crippen LogP contribution in [0.25, 0.3) is 0 Å². The lowest BCUT2D eigenvalue weighted by Crippen LogP contribution is -2.27. The molecule has 1 amide bonds. The van der Waals surface area contributed by atoms with E-state index in [0.717, 1.165) is 24.9 Å². The SMILES string of the molecule is CCn1cc(C2CC(=O)Nc3c2c(=O)[nH]n3C2CCCCC2)cn1.O=CO. The quantitative estimate of drug-likeness (QED) is 0.709. The van der Waals surface area contributed by atoms with Gasteiger partial charge in [0.1, 0.15) is 5.82 Å². The Morgan fingerprint density at radius 3 is 2.63 bits per heavy atom. The van der Waals surface area contributed by atoms with Crippen molar-refractivity contribution in [2.75, 3.05) is 5.32 Å². The van der Waals surface area contributed by atoms with Crippen molar-refractivity contribution in [3.05, 3.63) is 33.9 Å². The third-order valence-corrected chi connectivity index (χ3v) is 5.28. The first-order chi connectivity index (χ1) is 13.1. The number of hydrogen-bond donors (Lipinski definition) is 3. The number of hydrogen-bond acceptors (Lipinski definition) is 4. The Labute approximate surface area is 156 Å². The highest BCUT2D eigenvalue weighted by atomic mass is 16.3. The summed E-state index contributed by atoms with van der Waals surface area (Å²) in [6, 6.07) is 0.271. The Kier molecular flexibility index (Phi) is 5.78. The van der Waals surface area contributed by atoms with E-state index < -0.39 is 0 Å². The van der Waals surface area contributed by atoms with E-state index in [1.54, 1.807) is 6.20 Å². The van der Waals surface area contributed by atoms with Crippen LogP contribution >= 0.6 is 0 Å². The summed E-state index contributed by atoms with van der Waals surface area (Å²) in [4.78, 5) is 33.3. The van der Waals surface area contributed by atoms with Crippen molar-refractivity contribution in [2.24, 2.45) is 0 Å². The average molecular weight is 375 g/mol. The van der Waals surface area contributed by atoms with Crippen molar-refractivity contribution in [2.45, 2.75) is 64.0 Å². The predicted molar refractivity (Wildman–Crippen MR) is 98.9 cm³/mol. The molecule has 0 bridgehead atoms. The lowest BCUT2D eigenvalue weighted by Gasteiger charge is -2.27. The minimum atomic E-state index is -0.250. The van der Waals surface area contributed by atoms with Gasteiger partial charge in [0, 0.05) is 25.1 Å². The summed E-state index contributed by atoms with van der Waals surface area (Å²) in [6.07, 6.45) is 9.67. The molecule has 27 heavy (non-hydrogen) atoms. The van der Waals surface area contributed by atoms with E-state index in [4.69, 9.17) is 9.90 Å². The number of aromatic nitrogens is 4. The van der Waals surface area contributed by atoms with Crippen LogP contribution in [-0.2, 0) is 16.1 Å². The van der Waals surface area contributed by atoms with Crippen molar-refractivity contribution in [1.82, 2.24) is 19.6 Å². The second-order valence-corrected chi connectivity index (χ2v) is 6.90. The highest BCUT2D eigenvalue weighted by Crippen LogP contribution is 2.38. The van der Waals surface area contributed by atoms with Gasteiger partial charge in [-0.25, -0.2) is 0 Å². The van der Waals surface area contributed by atoms with Crippen LogP contribution < -0.4 is 10.9 Å². The fourth-order valence-electron chi connectivity index (χ4n) is 4.01. The molecule has 4 rings (SSSR count). The maximum atomic E-state index is 12.6. The van der Waals surface area contributed by atoms with Gasteiger partial charge in [0.05, 0.1) is 17.8 Å². The van der Waals surface area contributed by atoms with Gasteiger partial charge in [0.25, 0.3) is 12.0 Å². The number of aryl methyl sites for hydroxylation is 1. The average Bonchev–Trinajstić information content (AvgIpc) is 3.27. The number of H-pyrrole nitrogens is 1. The van der Waals surface area contributed by atoms with Crippen molar-refractivity contribution < 1.29 is 14.7 Å². The van der Waals surface area contributed by atoms with Crippen LogP contribution in [0.15, 0.2) is 17.2 Å². The third-order valence-electron chi connectivity index (χ3n) is 5.28. The molecule has 146 valence electrons. The molecule has 0 spiro atoms. The fraction of sp³-hybridized carbons (Fsp3) is 0.556. The number of rotatable bonds is 3. The van der Waals surface area contributed by atoms with Crippen LogP contribution in [0.3, 0.4) is 0 Å². The van der Waals surface area contributed by atoms with Crippen LogP contribution in [0.2, 0.25) is 0 Å². The lowest BCUT2D eigenvalue weighted by molar-refractivity contribution is -0.123. The van der Waals surface area contributed by atoms with Crippen molar-refractivity contribution >= 4 is 18.2 Å². The number of fused-ring (bicyclic) bond motifs is 1. The van der Waals surface area contributed by atoms with Crippen molar-refractivity contribution in [1.29, 1.82) is 0 Å². The van der Waals surface area contributed by atoms with Crippen LogP contribution in [-0.4, -0.2) is 37.0 Å². The van der Waals surface area contributed by atoms with E-state index in [2.05, 4.69) is 15.5 Å². The summed E-state index contributed by atoms with van der Waals surface area (Å²) in [6.45, 7) is 2.54. The molecule has 9 nitrogen and oxygen atoms in total. The number of nitrogens with zero attached hydrogens (tertiary/aromatic N) is 3. The minimum Gasteiger partial charge on any atom is -0.483 e. The molecule has 9 heteroatoms. The smallest absolute Gasteiger partial charge is 0.290 e. The van der Waals surface area contributed by atoms with Crippen LogP contribution in [0.4, 0.5) is 5.82 Å². The summed E-state index contributed by atoms with van der Waals surface area (Å²) in [5, 5.41) is 17.1. The molecule has 2 aromatic rings. The molecule has 1 aliphatic carbocycles. The maximum absolute atomic E-state index is 12.6. The van der Waals surface area contributed by atoms with Crippen LogP contribution in [0.5, 0.6) is 0 Å². The van der Waals surface area contributed by atoms with Gasteiger partial charge in [-0.3, -0.25) is 28.8 Å². The van der Waals surface area contributed by atoms with Gasteiger partial charge in [-0.2, -0.15) is 5.10 Å². The molecule has 0 aromatic carbocycles. The molecule has 1 unspecified atom stereocenters. The van der Waals surface area contributed by atoms with Crippen molar-refractivity contribution in [3.63, 3.8) is 0 Å². The molecular formula is C18H25N5O4.